The molecule has 88 valence electrons. The Morgan fingerprint density at radius 2 is 1.94 bits per heavy atom. The van der Waals surface area contributed by atoms with Crippen LogP contribution in [-0.4, -0.2) is 0 Å². The molecule has 0 amide bonds. The van der Waals surface area contributed by atoms with E-state index in [0.717, 1.165) is 12.8 Å². The summed E-state index contributed by atoms with van der Waals surface area (Å²) in [6, 6.07) is 6.96. The smallest absolute Gasteiger partial charge is 0.0695 e. The second-order valence-electron chi connectivity index (χ2n) is 5.55. The molecule has 0 aromatic carbocycles. The van der Waals surface area contributed by atoms with Gasteiger partial charge >= 0.3 is 0 Å². The topological polar surface area (TPSA) is 71.4 Å². The summed E-state index contributed by atoms with van der Waals surface area (Å²) in [5.41, 5.74) is -0.285. The van der Waals surface area contributed by atoms with Gasteiger partial charge in [-0.15, -0.1) is 0 Å². The summed E-state index contributed by atoms with van der Waals surface area (Å²) in [5.74, 6) is 1.78. The molecular weight excluding hydrogens is 210 g/mol. The molecule has 2 aliphatic rings. The van der Waals surface area contributed by atoms with E-state index in [1.165, 1.54) is 0 Å². The largest absolute Gasteiger partial charge is 0.198 e. The third kappa shape index (κ3) is 1.60. The highest BCUT2D eigenvalue weighted by Crippen LogP contribution is 2.63. The highest BCUT2D eigenvalue weighted by Gasteiger charge is 2.59. The van der Waals surface area contributed by atoms with E-state index < -0.39 is 0 Å². The van der Waals surface area contributed by atoms with Crippen molar-refractivity contribution in [2.24, 2.45) is 29.1 Å². The van der Waals surface area contributed by atoms with Crippen LogP contribution in [0.4, 0.5) is 0 Å². The molecule has 2 bridgehead atoms. The minimum Gasteiger partial charge on any atom is -0.198 e. The first-order valence-corrected chi connectivity index (χ1v) is 6.34. The van der Waals surface area contributed by atoms with Gasteiger partial charge in [-0.3, -0.25) is 0 Å². The van der Waals surface area contributed by atoms with Crippen molar-refractivity contribution >= 4 is 0 Å². The third-order valence-corrected chi connectivity index (χ3v) is 5.14. The Bertz CT molecular complexity index is 418. The summed E-state index contributed by atoms with van der Waals surface area (Å²) < 4.78 is 0. The van der Waals surface area contributed by atoms with Gasteiger partial charge in [-0.25, -0.2) is 0 Å². The fourth-order valence-electron chi connectivity index (χ4n) is 4.24. The number of hydrogen-bond acceptors (Lipinski definition) is 3. The van der Waals surface area contributed by atoms with Crippen molar-refractivity contribution in [3.63, 3.8) is 0 Å². The predicted molar refractivity (Wildman–Crippen MR) is 62.0 cm³/mol. The first-order valence-electron chi connectivity index (χ1n) is 6.34. The van der Waals surface area contributed by atoms with Gasteiger partial charge in [0.05, 0.1) is 23.6 Å². The number of nitriles is 3. The number of rotatable bonds is 3. The zero-order valence-electron chi connectivity index (χ0n) is 10.2. The lowest BCUT2D eigenvalue weighted by molar-refractivity contribution is 0.108. The van der Waals surface area contributed by atoms with Crippen molar-refractivity contribution < 1.29 is 0 Å². The van der Waals surface area contributed by atoms with Gasteiger partial charge in [0.1, 0.15) is 0 Å². The Labute approximate surface area is 103 Å². The molecule has 3 nitrogen and oxygen atoms in total. The van der Waals surface area contributed by atoms with E-state index in [4.69, 9.17) is 10.5 Å². The van der Waals surface area contributed by atoms with Crippen molar-refractivity contribution in [1.82, 2.24) is 0 Å². The molecule has 2 fully saturated rings. The highest BCUT2D eigenvalue weighted by molar-refractivity contribution is 5.17. The van der Waals surface area contributed by atoms with E-state index in [1.807, 2.05) is 0 Å². The van der Waals surface area contributed by atoms with Crippen LogP contribution < -0.4 is 0 Å². The second-order valence-corrected chi connectivity index (χ2v) is 5.55. The molecule has 17 heavy (non-hydrogen) atoms. The maximum atomic E-state index is 9.53. The SMILES string of the molecule is CC1C2CC(CC2CC#N)C1(C#N)CCC#N. The molecule has 3 heteroatoms. The molecule has 0 spiro atoms. The maximum absolute atomic E-state index is 9.53. The van der Waals surface area contributed by atoms with Crippen LogP contribution in [0.1, 0.15) is 39.0 Å². The van der Waals surface area contributed by atoms with Crippen molar-refractivity contribution in [3.05, 3.63) is 0 Å². The fourth-order valence-corrected chi connectivity index (χ4v) is 4.24. The van der Waals surface area contributed by atoms with E-state index in [-0.39, 0.29) is 5.41 Å². The normalized spacial score (nSPS) is 42.7. The number of hydrogen-bond donors (Lipinski definition) is 0. The fraction of sp³-hybridized carbons (Fsp3) is 0.786. The molecule has 0 aromatic heterocycles. The van der Waals surface area contributed by atoms with Gasteiger partial charge in [-0.05, 0) is 42.9 Å². The Balaban J connectivity index is 2.18. The monoisotopic (exact) mass is 227 g/mol. The molecular formula is C14H17N3. The first-order chi connectivity index (χ1) is 8.19. The minimum absolute atomic E-state index is 0.285. The molecule has 0 aliphatic heterocycles. The average Bonchev–Trinajstić information content (AvgIpc) is 2.85. The van der Waals surface area contributed by atoms with Crippen LogP contribution in [-0.2, 0) is 0 Å². The van der Waals surface area contributed by atoms with Gasteiger partial charge in [-0.2, -0.15) is 15.8 Å². The molecule has 2 aliphatic carbocycles. The van der Waals surface area contributed by atoms with E-state index in [1.54, 1.807) is 0 Å². The van der Waals surface area contributed by atoms with Crippen LogP contribution in [0.25, 0.3) is 0 Å². The van der Waals surface area contributed by atoms with Gasteiger partial charge in [0, 0.05) is 12.8 Å². The molecule has 0 heterocycles. The summed E-state index contributed by atoms with van der Waals surface area (Å²) in [6.07, 6.45) is 3.92. The predicted octanol–water partition coefficient (Wildman–Crippen LogP) is 3.01. The van der Waals surface area contributed by atoms with Gasteiger partial charge < -0.3 is 0 Å². The molecule has 5 unspecified atom stereocenters. The Morgan fingerprint density at radius 3 is 2.47 bits per heavy atom. The third-order valence-electron chi connectivity index (χ3n) is 5.14. The lowest BCUT2D eigenvalue weighted by atomic mass is 9.62. The summed E-state index contributed by atoms with van der Waals surface area (Å²) in [6.45, 7) is 2.15. The minimum atomic E-state index is -0.285. The molecule has 0 N–H and O–H groups in total. The van der Waals surface area contributed by atoms with Crippen molar-refractivity contribution in [2.45, 2.75) is 39.0 Å². The maximum Gasteiger partial charge on any atom is 0.0695 e. The summed E-state index contributed by atoms with van der Waals surface area (Å²) in [4.78, 5) is 0. The lowest BCUT2D eigenvalue weighted by Gasteiger charge is -2.39. The van der Waals surface area contributed by atoms with Gasteiger partial charge in [-0.1, -0.05) is 6.92 Å². The summed E-state index contributed by atoms with van der Waals surface area (Å²) in [5, 5.41) is 27.1. The van der Waals surface area contributed by atoms with E-state index in [0.29, 0.717) is 42.9 Å². The van der Waals surface area contributed by atoms with Gasteiger partial charge in [0.25, 0.3) is 0 Å². The Kier molecular flexibility index (Phi) is 3.08. The van der Waals surface area contributed by atoms with Gasteiger partial charge in [0.2, 0.25) is 0 Å². The van der Waals surface area contributed by atoms with Crippen molar-refractivity contribution in [1.29, 1.82) is 15.8 Å². The van der Waals surface area contributed by atoms with E-state index in [2.05, 4.69) is 25.1 Å². The van der Waals surface area contributed by atoms with Crippen LogP contribution in [0.2, 0.25) is 0 Å². The van der Waals surface area contributed by atoms with Crippen LogP contribution in [0.3, 0.4) is 0 Å². The Morgan fingerprint density at radius 1 is 1.18 bits per heavy atom. The zero-order chi connectivity index (χ0) is 12.5. The number of nitrogens with zero attached hydrogens (tertiary/aromatic N) is 3. The van der Waals surface area contributed by atoms with E-state index >= 15 is 0 Å². The molecule has 5 atom stereocenters. The Hall–Kier alpha value is -1.53. The standard InChI is InChI=1S/C14H17N3/c1-10-13-8-12(7-11(13)3-6-16)14(10,9-17)4-2-5-15/h10-13H,2-4,7-8H2,1H3. The van der Waals surface area contributed by atoms with Crippen molar-refractivity contribution in [2.75, 3.05) is 0 Å². The van der Waals surface area contributed by atoms with Crippen LogP contribution in [0, 0.1) is 63.1 Å². The molecule has 0 aromatic rings. The molecule has 2 rings (SSSR count). The highest BCUT2D eigenvalue weighted by atomic mass is 14.6. The van der Waals surface area contributed by atoms with Crippen LogP contribution >= 0.6 is 0 Å². The lowest BCUT2D eigenvalue weighted by Crippen LogP contribution is -2.36. The summed E-state index contributed by atoms with van der Waals surface area (Å²) >= 11 is 0. The molecule has 0 saturated heterocycles. The van der Waals surface area contributed by atoms with Crippen LogP contribution in [0.5, 0.6) is 0 Å². The van der Waals surface area contributed by atoms with Crippen molar-refractivity contribution in [3.8, 4) is 18.2 Å². The first kappa shape index (κ1) is 11.9. The van der Waals surface area contributed by atoms with Gasteiger partial charge in [0.15, 0.2) is 0 Å². The zero-order valence-corrected chi connectivity index (χ0v) is 10.2. The molecule has 0 radical (unpaired) electrons. The molecule has 2 saturated carbocycles. The number of fused-ring (bicyclic) bond motifs is 2. The van der Waals surface area contributed by atoms with E-state index in [9.17, 15) is 5.26 Å². The second kappa shape index (κ2) is 4.38. The van der Waals surface area contributed by atoms with Crippen LogP contribution in [0.15, 0.2) is 0 Å². The summed E-state index contributed by atoms with van der Waals surface area (Å²) in [7, 11) is 0. The quantitative estimate of drug-likeness (QED) is 0.744. The average molecular weight is 227 g/mol.